The highest BCUT2D eigenvalue weighted by Crippen LogP contribution is 2.34. The lowest BCUT2D eigenvalue weighted by atomic mass is 9.79. The first-order valence-electron chi connectivity index (χ1n) is 7.18. The predicted octanol–water partition coefficient (Wildman–Crippen LogP) is 4.98. The molecule has 4 nitrogen and oxygen atoms in total. The van der Waals surface area contributed by atoms with E-state index in [2.05, 4.69) is 35.1 Å². The fraction of sp³-hybridized carbons (Fsp3) is 0.600. The van der Waals surface area contributed by atoms with Crippen molar-refractivity contribution in [2.24, 2.45) is 11.8 Å². The summed E-state index contributed by atoms with van der Waals surface area (Å²) in [6.07, 6.45) is 4.93. The van der Waals surface area contributed by atoms with E-state index in [1.165, 1.54) is 25.7 Å². The fourth-order valence-corrected chi connectivity index (χ4v) is 3.40. The van der Waals surface area contributed by atoms with Crippen molar-refractivity contribution in [3.63, 3.8) is 0 Å². The molecule has 0 aliphatic heterocycles. The van der Waals surface area contributed by atoms with Gasteiger partial charge in [0, 0.05) is 28.3 Å². The Morgan fingerprint density at radius 2 is 2.15 bits per heavy atom. The van der Waals surface area contributed by atoms with Gasteiger partial charge in [0.05, 0.1) is 4.92 Å². The zero-order valence-corrected chi connectivity index (χ0v) is 13.5. The van der Waals surface area contributed by atoms with Crippen LogP contribution in [-0.2, 0) is 0 Å². The highest BCUT2D eigenvalue weighted by atomic mass is 79.9. The van der Waals surface area contributed by atoms with Crippen LogP contribution in [-0.4, -0.2) is 11.0 Å². The molecule has 20 heavy (non-hydrogen) atoms. The Bertz CT molecular complexity index is 491. The van der Waals surface area contributed by atoms with Crippen LogP contribution in [0.25, 0.3) is 0 Å². The minimum absolute atomic E-state index is 0.117. The van der Waals surface area contributed by atoms with Crippen LogP contribution in [0.4, 0.5) is 11.4 Å². The van der Waals surface area contributed by atoms with E-state index < -0.39 is 0 Å². The Kier molecular flexibility index (Phi) is 5.02. The molecule has 1 aliphatic carbocycles. The van der Waals surface area contributed by atoms with Gasteiger partial charge in [-0.2, -0.15) is 0 Å². The maximum Gasteiger partial charge on any atom is 0.270 e. The van der Waals surface area contributed by atoms with Gasteiger partial charge in [0.2, 0.25) is 0 Å². The average molecular weight is 341 g/mol. The molecule has 1 aromatic carbocycles. The Hall–Kier alpha value is -1.10. The number of hydrogen-bond acceptors (Lipinski definition) is 3. The maximum absolute atomic E-state index is 10.7. The molecule has 1 N–H and O–H groups in total. The summed E-state index contributed by atoms with van der Waals surface area (Å²) in [7, 11) is 0. The van der Waals surface area contributed by atoms with E-state index >= 15 is 0 Å². The smallest absolute Gasteiger partial charge is 0.270 e. The summed E-state index contributed by atoms with van der Waals surface area (Å²) >= 11 is 3.42. The minimum Gasteiger partial charge on any atom is -0.381 e. The van der Waals surface area contributed by atoms with E-state index in [9.17, 15) is 10.1 Å². The zero-order chi connectivity index (χ0) is 14.7. The van der Waals surface area contributed by atoms with Crippen LogP contribution >= 0.6 is 15.9 Å². The first-order chi connectivity index (χ1) is 9.47. The average Bonchev–Trinajstić information content (AvgIpc) is 2.41. The SMILES string of the molecule is CC(C)C1CCCC(Nc2ccc([N+](=O)[O-])cc2Br)C1. The van der Waals surface area contributed by atoms with Crippen molar-refractivity contribution in [3.8, 4) is 0 Å². The summed E-state index contributed by atoms with van der Waals surface area (Å²) < 4.78 is 0.762. The van der Waals surface area contributed by atoms with E-state index in [4.69, 9.17) is 0 Å². The zero-order valence-electron chi connectivity index (χ0n) is 11.9. The maximum atomic E-state index is 10.7. The van der Waals surface area contributed by atoms with Crippen LogP contribution < -0.4 is 5.32 Å². The lowest BCUT2D eigenvalue weighted by Crippen LogP contribution is -2.29. The molecule has 5 heteroatoms. The van der Waals surface area contributed by atoms with Gasteiger partial charge in [-0.15, -0.1) is 0 Å². The predicted molar refractivity (Wildman–Crippen MR) is 85.0 cm³/mol. The second-order valence-corrected chi connectivity index (χ2v) is 6.79. The van der Waals surface area contributed by atoms with Crippen molar-refractivity contribution in [2.45, 2.75) is 45.6 Å². The second kappa shape index (κ2) is 6.57. The first kappa shape index (κ1) is 15.3. The molecule has 1 aliphatic rings. The van der Waals surface area contributed by atoms with Crippen molar-refractivity contribution >= 4 is 27.3 Å². The Morgan fingerprint density at radius 3 is 2.75 bits per heavy atom. The quantitative estimate of drug-likeness (QED) is 0.620. The summed E-state index contributed by atoms with van der Waals surface area (Å²) in [5, 5.41) is 14.3. The number of nitro benzene ring substituents is 1. The fourth-order valence-electron chi connectivity index (χ4n) is 2.92. The highest BCUT2D eigenvalue weighted by Gasteiger charge is 2.24. The summed E-state index contributed by atoms with van der Waals surface area (Å²) in [5.41, 5.74) is 1.07. The van der Waals surface area contributed by atoms with Gasteiger partial charge in [-0.1, -0.05) is 26.7 Å². The first-order valence-corrected chi connectivity index (χ1v) is 7.97. The third-order valence-electron chi connectivity index (χ3n) is 4.18. The molecule has 1 saturated carbocycles. The number of hydrogen-bond donors (Lipinski definition) is 1. The number of nitrogens with zero attached hydrogens (tertiary/aromatic N) is 1. The van der Waals surface area contributed by atoms with Crippen LogP contribution in [0.1, 0.15) is 39.5 Å². The lowest BCUT2D eigenvalue weighted by Gasteiger charge is -2.32. The Balaban J connectivity index is 2.04. The number of halogens is 1. The van der Waals surface area contributed by atoms with Gasteiger partial charge in [0.15, 0.2) is 0 Å². The van der Waals surface area contributed by atoms with Crippen LogP contribution in [0.5, 0.6) is 0 Å². The van der Waals surface area contributed by atoms with Gasteiger partial charge in [-0.05, 0) is 46.7 Å². The number of anilines is 1. The molecule has 0 saturated heterocycles. The van der Waals surface area contributed by atoms with Crippen molar-refractivity contribution in [1.29, 1.82) is 0 Å². The van der Waals surface area contributed by atoms with E-state index in [1.807, 2.05) is 0 Å². The largest absolute Gasteiger partial charge is 0.381 e. The molecular weight excluding hydrogens is 320 g/mol. The Morgan fingerprint density at radius 1 is 1.40 bits per heavy atom. The van der Waals surface area contributed by atoms with Crippen molar-refractivity contribution in [1.82, 2.24) is 0 Å². The van der Waals surface area contributed by atoms with Crippen molar-refractivity contribution < 1.29 is 4.92 Å². The summed E-state index contributed by atoms with van der Waals surface area (Å²) in [4.78, 5) is 10.4. The molecule has 0 aromatic heterocycles. The molecule has 0 bridgehead atoms. The van der Waals surface area contributed by atoms with Crippen LogP contribution in [0.2, 0.25) is 0 Å². The van der Waals surface area contributed by atoms with Crippen LogP contribution in [0, 0.1) is 22.0 Å². The molecule has 2 atom stereocenters. The van der Waals surface area contributed by atoms with Gasteiger partial charge in [0.1, 0.15) is 0 Å². The number of benzene rings is 1. The van der Waals surface area contributed by atoms with Gasteiger partial charge >= 0.3 is 0 Å². The molecule has 0 heterocycles. The van der Waals surface area contributed by atoms with E-state index in [1.54, 1.807) is 18.2 Å². The van der Waals surface area contributed by atoms with Gasteiger partial charge in [0.25, 0.3) is 5.69 Å². The van der Waals surface area contributed by atoms with Crippen LogP contribution in [0.3, 0.4) is 0 Å². The molecule has 110 valence electrons. The minimum atomic E-state index is -0.371. The van der Waals surface area contributed by atoms with Gasteiger partial charge in [-0.25, -0.2) is 0 Å². The Labute approximate surface area is 128 Å². The molecule has 0 radical (unpaired) electrons. The molecule has 0 spiro atoms. The van der Waals surface area contributed by atoms with E-state index in [0.717, 1.165) is 22.0 Å². The van der Waals surface area contributed by atoms with E-state index in [0.29, 0.717) is 6.04 Å². The molecule has 2 rings (SSSR count). The number of nitro groups is 1. The second-order valence-electron chi connectivity index (χ2n) is 5.93. The topological polar surface area (TPSA) is 55.2 Å². The van der Waals surface area contributed by atoms with Crippen molar-refractivity contribution in [2.75, 3.05) is 5.32 Å². The summed E-state index contributed by atoms with van der Waals surface area (Å²) in [6, 6.07) is 5.37. The number of non-ortho nitro benzene ring substituents is 1. The third kappa shape index (κ3) is 3.72. The van der Waals surface area contributed by atoms with Gasteiger partial charge < -0.3 is 5.32 Å². The molecule has 1 aromatic rings. The monoisotopic (exact) mass is 340 g/mol. The normalized spacial score (nSPS) is 22.8. The number of nitrogens with one attached hydrogen (secondary N) is 1. The lowest BCUT2D eigenvalue weighted by molar-refractivity contribution is -0.384. The third-order valence-corrected chi connectivity index (χ3v) is 4.84. The molecule has 0 amide bonds. The summed E-state index contributed by atoms with van der Waals surface area (Å²) in [6.45, 7) is 4.57. The molecule has 2 unspecified atom stereocenters. The molecular formula is C15H21BrN2O2. The van der Waals surface area contributed by atoms with Crippen LogP contribution in [0.15, 0.2) is 22.7 Å². The van der Waals surface area contributed by atoms with E-state index in [-0.39, 0.29) is 10.6 Å². The summed E-state index contributed by atoms with van der Waals surface area (Å²) in [5.74, 6) is 1.50. The molecule has 1 fully saturated rings. The van der Waals surface area contributed by atoms with Crippen molar-refractivity contribution in [3.05, 3.63) is 32.8 Å². The standard InChI is InChI=1S/C15H21BrN2O2/c1-10(2)11-4-3-5-12(8-11)17-15-7-6-13(18(19)20)9-14(15)16/h6-7,9-12,17H,3-5,8H2,1-2H3. The number of rotatable bonds is 4. The highest BCUT2D eigenvalue weighted by molar-refractivity contribution is 9.10. The van der Waals surface area contributed by atoms with Gasteiger partial charge in [-0.3, -0.25) is 10.1 Å².